The van der Waals surface area contributed by atoms with Gasteiger partial charge in [-0.05, 0) is 52.7 Å². The third-order valence-electron chi connectivity index (χ3n) is 2.99. The number of carbonyl (C=O) groups excluding carboxylic acids is 1. The summed E-state index contributed by atoms with van der Waals surface area (Å²) in [6, 6.07) is 8.59. The third kappa shape index (κ3) is 4.09. The Morgan fingerprint density at radius 1 is 1.48 bits per heavy atom. The molecule has 1 aromatic heterocycles. The molecule has 1 heterocycles. The summed E-state index contributed by atoms with van der Waals surface area (Å²) in [5.41, 5.74) is 0.488. The lowest BCUT2D eigenvalue weighted by Gasteiger charge is -2.10. The highest BCUT2D eigenvalue weighted by molar-refractivity contribution is 9.10. The summed E-state index contributed by atoms with van der Waals surface area (Å²) in [6.45, 7) is 0.338. The molecule has 0 bridgehead atoms. The van der Waals surface area contributed by atoms with Gasteiger partial charge in [-0.15, -0.1) is 0 Å². The maximum absolute atomic E-state index is 12.1. The van der Waals surface area contributed by atoms with Gasteiger partial charge in [0.05, 0.1) is 18.9 Å². The van der Waals surface area contributed by atoms with Crippen molar-refractivity contribution in [2.45, 2.75) is 12.5 Å². The monoisotopic (exact) mass is 353 g/mol. The van der Waals surface area contributed by atoms with Gasteiger partial charge in [-0.25, -0.2) is 0 Å². The van der Waals surface area contributed by atoms with E-state index < -0.39 is 6.10 Å². The van der Waals surface area contributed by atoms with Crippen molar-refractivity contribution in [1.29, 1.82) is 0 Å². The van der Waals surface area contributed by atoms with Crippen LogP contribution in [0.15, 0.2) is 45.5 Å². The largest absolute Gasteiger partial charge is 0.497 e. The lowest BCUT2D eigenvalue weighted by molar-refractivity contribution is 0.0935. The fourth-order valence-electron chi connectivity index (χ4n) is 1.85. The van der Waals surface area contributed by atoms with Gasteiger partial charge in [0, 0.05) is 11.0 Å². The molecule has 0 aliphatic carbocycles. The summed E-state index contributed by atoms with van der Waals surface area (Å²) in [4.78, 5) is 12.1. The van der Waals surface area contributed by atoms with E-state index in [1.807, 2.05) is 0 Å². The Labute approximate surface area is 131 Å². The van der Waals surface area contributed by atoms with Crippen molar-refractivity contribution in [1.82, 2.24) is 5.32 Å². The Bertz CT molecular complexity index is 598. The summed E-state index contributed by atoms with van der Waals surface area (Å²) in [5, 5.41) is 12.6. The predicted octanol–water partition coefficient (Wildman–Crippen LogP) is 2.90. The van der Waals surface area contributed by atoms with E-state index in [2.05, 4.69) is 21.2 Å². The normalized spacial score (nSPS) is 12.0. The number of hydrogen-bond acceptors (Lipinski definition) is 4. The topological polar surface area (TPSA) is 71.7 Å². The molecule has 21 heavy (non-hydrogen) atoms. The summed E-state index contributed by atoms with van der Waals surface area (Å²) >= 11 is 3.33. The molecular weight excluding hydrogens is 338 g/mol. The highest BCUT2D eigenvalue weighted by atomic mass is 79.9. The number of halogens is 1. The molecule has 0 saturated carbocycles. The van der Waals surface area contributed by atoms with Gasteiger partial charge in [0.2, 0.25) is 0 Å². The molecule has 0 unspecified atom stereocenters. The van der Waals surface area contributed by atoms with Crippen molar-refractivity contribution in [2.75, 3.05) is 13.7 Å². The van der Waals surface area contributed by atoms with E-state index in [0.29, 0.717) is 34.5 Å². The summed E-state index contributed by atoms with van der Waals surface area (Å²) in [6.07, 6.45) is 1.15. The van der Waals surface area contributed by atoms with Crippen LogP contribution in [-0.4, -0.2) is 24.7 Å². The Kier molecular flexibility index (Phi) is 5.41. The van der Waals surface area contributed by atoms with E-state index in [1.165, 1.54) is 6.26 Å². The number of aliphatic hydroxyl groups is 1. The fraction of sp³-hybridized carbons (Fsp3) is 0.267. The quantitative estimate of drug-likeness (QED) is 0.837. The maximum Gasteiger partial charge on any atom is 0.252 e. The van der Waals surface area contributed by atoms with Crippen molar-refractivity contribution in [3.63, 3.8) is 0 Å². The van der Waals surface area contributed by atoms with Crippen LogP contribution in [0.1, 0.15) is 28.6 Å². The van der Waals surface area contributed by atoms with Crippen LogP contribution < -0.4 is 10.1 Å². The Balaban J connectivity index is 1.90. The molecule has 1 atom stereocenters. The van der Waals surface area contributed by atoms with Crippen LogP contribution in [0, 0.1) is 0 Å². The van der Waals surface area contributed by atoms with E-state index in [4.69, 9.17) is 9.15 Å². The van der Waals surface area contributed by atoms with Crippen LogP contribution in [0.4, 0.5) is 0 Å². The van der Waals surface area contributed by atoms with Gasteiger partial charge >= 0.3 is 0 Å². The number of benzene rings is 1. The molecular formula is C15H16BrNO4. The van der Waals surface area contributed by atoms with Crippen molar-refractivity contribution in [3.8, 4) is 5.75 Å². The Morgan fingerprint density at radius 2 is 2.29 bits per heavy atom. The van der Waals surface area contributed by atoms with Crippen molar-refractivity contribution in [3.05, 3.63) is 52.4 Å². The minimum atomic E-state index is -0.728. The first-order valence-electron chi connectivity index (χ1n) is 6.45. The zero-order valence-electron chi connectivity index (χ0n) is 11.5. The molecule has 112 valence electrons. The lowest BCUT2D eigenvalue weighted by Crippen LogP contribution is -2.26. The number of hydrogen-bond donors (Lipinski definition) is 2. The van der Waals surface area contributed by atoms with Crippen LogP contribution in [0.25, 0.3) is 0 Å². The zero-order valence-corrected chi connectivity index (χ0v) is 13.1. The number of ether oxygens (including phenoxy) is 1. The maximum atomic E-state index is 12.1. The molecule has 5 nitrogen and oxygen atoms in total. The molecule has 1 amide bonds. The van der Waals surface area contributed by atoms with E-state index >= 15 is 0 Å². The Morgan fingerprint density at radius 3 is 2.95 bits per heavy atom. The number of nitrogens with one attached hydrogen (secondary N) is 1. The molecule has 1 aromatic carbocycles. The zero-order chi connectivity index (χ0) is 15.2. The van der Waals surface area contributed by atoms with Crippen LogP contribution in [0.2, 0.25) is 0 Å². The number of methoxy groups -OCH3 is 1. The molecule has 0 spiro atoms. The molecule has 0 aliphatic heterocycles. The van der Waals surface area contributed by atoms with Gasteiger partial charge in [0.15, 0.2) is 0 Å². The second kappa shape index (κ2) is 7.28. The van der Waals surface area contributed by atoms with Gasteiger partial charge in [0.1, 0.15) is 17.6 Å². The average molecular weight is 354 g/mol. The van der Waals surface area contributed by atoms with E-state index in [1.54, 1.807) is 37.4 Å². The number of amides is 1. The fourth-order valence-corrected chi connectivity index (χ4v) is 2.27. The van der Waals surface area contributed by atoms with E-state index in [9.17, 15) is 9.90 Å². The molecule has 0 aliphatic rings. The first kappa shape index (κ1) is 15.6. The average Bonchev–Trinajstić information content (AvgIpc) is 3.01. The van der Waals surface area contributed by atoms with Crippen LogP contribution >= 0.6 is 15.9 Å². The molecule has 2 N–H and O–H groups in total. The first-order chi connectivity index (χ1) is 10.1. The van der Waals surface area contributed by atoms with Gasteiger partial charge in [-0.2, -0.15) is 0 Å². The molecule has 2 rings (SSSR count). The van der Waals surface area contributed by atoms with Gasteiger partial charge in [-0.3, -0.25) is 4.79 Å². The summed E-state index contributed by atoms with van der Waals surface area (Å²) in [7, 11) is 1.55. The number of furan rings is 1. The van der Waals surface area contributed by atoms with E-state index in [0.717, 1.165) is 0 Å². The van der Waals surface area contributed by atoms with Crippen LogP contribution in [0.5, 0.6) is 5.75 Å². The van der Waals surface area contributed by atoms with Crippen LogP contribution in [0.3, 0.4) is 0 Å². The minimum absolute atomic E-state index is 0.229. The van der Waals surface area contributed by atoms with Gasteiger partial charge < -0.3 is 19.6 Å². The smallest absolute Gasteiger partial charge is 0.252 e. The molecule has 0 radical (unpaired) electrons. The van der Waals surface area contributed by atoms with Gasteiger partial charge in [-0.1, -0.05) is 0 Å². The second-order valence-corrected chi connectivity index (χ2v) is 5.28. The SMILES string of the molecule is COc1ccc(Br)c(C(=O)NCC[C@H](O)c2ccco2)c1. The Hall–Kier alpha value is -1.79. The first-order valence-corrected chi connectivity index (χ1v) is 7.24. The number of rotatable bonds is 6. The number of aliphatic hydroxyl groups excluding tert-OH is 1. The molecule has 2 aromatic rings. The summed E-state index contributed by atoms with van der Waals surface area (Å²) in [5.74, 6) is 0.873. The predicted molar refractivity (Wildman–Crippen MR) is 81.3 cm³/mol. The number of carbonyl (C=O) groups is 1. The van der Waals surface area contributed by atoms with E-state index in [-0.39, 0.29) is 5.91 Å². The van der Waals surface area contributed by atoms with Crippen LogP contribution in [-0.2, 0) is 0 Å². The standard InChI is InChI=1S/C15H16BrNO4/c1-20-10-4-5-12(16)11(9-10)15(19)17-7-6-13(18)14-3-2-8-21-14/h2-5,8-9,13,18H,6-7H2,1H3,(H,17,19)/t13-/m0/s1. The highest BCUT2D eigenvalue weighted by Crippen LogP contribution is 2.22. The highest BCUT2D eigenvalue weighted by Gasteiger charge is 2.13. The summed E-state index contributed by atoms with van der Waals surface area (Å²) < 4.78 is 10.9. The molecule has 0 fully saturated rings. The van der Waals surface area contributed by atoms with Crippen molar-refractivity contribution >= 4 is 21.8 Å². The minimum Gasteiger partial charge on any atom is -0.497 e. The second-order valence-electron chi connectivity index (χ2n) is 4.42. The van der Waals surface area contributed by atoms with Gasteiger partial charge in [0.25, 0.3) is 5.91 Å². The lowest BCUT2D eigenvalue weighted by atomic mass is 10.2. The third-order valence-corrected chi connectivity index (χ3v) is 3.68. The molecule has 0 saturated heterocycles. The molecule has 6 heteroatoms. The van der Waals surface area contributed by atoms with Crippen molar-refractivity contribution in [2.24, 2.45) is 0 Å². The van der Waals surface area contributed by atoms with Crippen molar-refractivity contribution < 1.29 is 19.1 Å².